The molecule has 1 aromatic carbocycles. The topological polar surface area (TPSA) is 68.3 Å². The normalized spacial score (nSPS) is 11.6. The number of benzene rings is 1. The standard InChI is InChI=1S/C16H14Cl2N2O3/c1-23-16(22)14(7-10-4-5-12(17)8-13(10)18)20-15(21)11-3-2-6-19-9-11/h2-6,8-9,14H,7H2,1H3,(H,20,21)/t14-/m0/s1. The number of aromatic nitrogens is 1. The van der Waals surface area contributed by atoms with Crippen LogP contribution in [0.25, 0.3) is 0 Å². The highest BCUT2D eigenvalue weighted by atomic mass is 35.5. The quantitative estimate of drug-likeness (QED) is 0.840. The van der Waals surface area contributed by atoms with Gasteiger partial charge in [-0.2, -0.15) is 0 Å². The van der Waals surface area contributed by atoms with Crippen molar-refractivity contribution in [1.82, 2.24) is 10.3 Å². The van der Waals surface area contributed by atoms with Crippen molar-refractivity contribution in [3.63, 3.8) is 0 Å². The molecule has 1 aromatic heterocycles. The van der Waals surface area contributed by atoms with Crippen LogP contribution in [-0.2, 0) is 16.0 Å². The van der Waals surface area contributed by atoms with Crippen LogP contribution in [0.3, 0.4) is 0 Å². The molecule has 5 nitrogen and oxygen atoms in total. The number of pyridine rings is 1. The number of nitrogens with zero attached hydrogens (tertiary/aromatic N) is 1. The van der Waals surface area contributed by atoms with E-state index in [4.69, 9.17) is 27.9 Å². The molecule has 0 aliphatic heterocycles. The number of methoxy groups -OCH3 is 1. The molecule has 1 atom stereocenters. The first-order valence-corrected chi connectivity index (χ1v) is 7.49. The smallest absolute Gasteiger partial charge is 0.328 e. The van der Waals surface area contributed by atoms with Crippen molar-refractivity contribution in [2.45, 2.75) is 12.5 Å². The van der Waals surface area contributed by atoms with Gasteiger partial charge in [-0.05, 0) is 29.8 Å². The summed E-state index contributed by atoms with van der Waals surface area (Å²) < 4.78 is 4.75. The number of hydrogen-bond acceptors (Lipinski definition) is 4. The number of carbonyl (C=O) groups excluding carboxylic acids is 2. The number of halogens is 2. The van der Waals surface area contributed by atoms with Gasteiger partial charge >= 0.3 is 5.97 Å². The first kappa shape index (κ1) is 17.2. The highest BCUT2D eigenvalue weighted by molar-refractivity contribution is 6.35. The molecule has 1 heterocycles. The Morgan fingerprint density at radius 3 is 2.70 bits per heavy atom. The van der Waals surface area contributed by atoms with Crippen molar-refractivity contribution in [1.29, 1.82) is 0 Å². The highest BCUT2D eigenvalue weighted by Crippen LogP contribution is 2.22. The van der Waals surface area contributed by atoms with Gasteiger partial charge in [-0.25, -0.2) is 4.79 Å². The first-order chi connectivity index (χ1) is 11.0. The number of amides is 1. The number of rotatable bonds is 5. The molecule has 7 heteroatoms. The maximum absolute atomic E-state index is 12.2. The molecule has 0 spiro atoms. The summed E-state index contributed by atoms with van der Waals surface area (Å²) in [6.07, 6.45) is 3.16. The molecule has 0 radical (unpaired) electrons. The van der Waals surface area contributed by atoms with Gasteiger partial charge in [0.15, 0.2) is 0 Å². The maximum atomic E-state index is 12.2. The monoisotopic (exact) mass is 352 g/mol. The Morgan fingerprint density at radius 2 is 2.09 bits per heavy atom. The first-order valence-electron chi connectivity index (χ1n) is 6.74. The Kier molecular flexibility index (Phi) is 5.96. The van der Waals surface area contributed by atoms with Crippen molar-refractivity contribution in [2.75, 3.05) is 7.11 Å². The van der Waals surface area contributed by atoms with Gasteiger partial charge in [0.2, 0.25) is 0 Å². The minimum absolute atomic E-state index is 0.189. The van der Waals surface area contributed by atoms with E-state index in [-0.39, 0.29) is 6.42 Å². The molecule has 23 heavy (non-hydrogen) atoms. The highest BCUT2D eigenvalue weighted by Gasteiger charge is 2.23. The molecule has 0 fully saturated rings. The van der Waals surface area contributed by atoms with Crippen molar-refractivity contribution < 1.29 is 14.3 Å². The Labute approximate surface area is 143 Å². The summed E-state index contributed by atoms with van der Waals surface area (Å²) in [7, 11) is 1.26. The lowest BCUT2D eigenvalue weighted by atomic mass is 10.1. The molecule has 0 aliphatic carbocycles. The van der Waals surface area contributed by atoms with Crippen LogP contribution in [0.1, 0.15) is 15.9 Å². The van der Waals surface area contributed by atoms with E-state index in [1.165, 1.54) is 13.3 Å². The molecular weight excluding hydrogens is 339 g/mol. The van der Waals surface area contributed by atoms with Gasteiger partial charge in [0, 0.05) is 28.9 Å². The number of carbonyl (C=O) groups is 2. The molecule has 2 rings (SSSR count). The Bertz CT molecular complexity index is 708. The summed E-state index contributed by atoms with van der Waals surface area (Å²) in [4.78, 5) is 28.0. The van der Waals surface area contributed by atoms with Gasteiger partial charge in [0.05, 0.1) is 12.7 Å². The summed E-state index contributed by atoms with van der Waals surface area (Å²) in [5.74, 6) is -0.980. The zero-order valence-electron chi connectivity index (χ0n) is 12.3. The summed E-state index contributed by atoms with van der Waals surface area (Å²) in [6, 6.07) is 7.32. The second-order valence-electron chi connectivity index (χ2n) is 4.73. The van der Waals surface area contributed by atoms with Crippen LogP contribution in [0, 0.1) is 0 Å². The van der Waals surface area contributed by atoms with Crippen molar-refractivity contribution in [3.05, 3.63) is 63.9 Å². The van der Waals surface area contributed by atoms with Gasteiger partial charge in [-0.3, -0.25) is 9.78 Å². The van der Waals surface area contributed by atoms with E-state index in [1.807, 2.05) is 0 Å². The van der Waals surface area contributed by atoms with Gasteiger partial charge < -0.3 is 10.1 Å². The molecule has 0 unspecified atom stereocenters. The fraction of sp³-hybridized carbons (Fsp3) is 0.188. The van der Waals surface area contributed by atoms with E-state index in [2.05, 4.69) is 10.3 Å². The molecule has 1 N–H and O–H groups in total. The van der Waals surface area contributed by atoms with Crippen LogP contribution in [-0.4, -0.2) is 30.0 Å². The summed E-state index contributed by atoms with van der Waals surface area (Å²) >= 11 is 12.0. The van der Waals surface area contributed by atoms with Gasteiger partial charge in [0.25, 0.3) is 5.91 Å². The number of esters is 1. The zero-order chi connectivity index (χ0) is 16.8. The average Bonchev–Trinajstić information content (AvgIpc) is 2.56. The summed E-state index contributed by atoms with van der Waals surface area (Å²) in [6.45, 7) is 0. The molecule has 0 saturated carbocycles. The Morgan fingerprint density at radius 1 is 1.30 bits per heavy atom. The van der Waals surface area contributed by atoms with Gasteiger partial charge in [-0.15, -0.1) is 0 Å². The van der Waals surface area contributed by atoms with Gasteiger partial charge in [0.1, 0.15) is 6.04 Å². The van der Waals surface area contributed by atoms with Crippen molar-refractivity contribution >= 4 is 35.1 Å². The Balaban J connectivity index is 2.17. The van der Waals surface area contributed by atoms with Crippen LogP contribution >= 0.6 is 23.2 Å². The minimum atomic E-state index is -0.869. The third-order valence-corrected chi connectivity index (χ3v) is 3.74. The zero-order valence-corrected chi connectivity index (χ0v) is 13.8. The summed E-state index contributed by atoms with van der Waals surface area (Å²) in [5, 5.41) is 3.54. The number of ether oxygens (including phenoxy) is 1. The predicted molar refractivity (Wildman–Crippen MR) is 87.7 cm³/mol. The number of nitrogens with one attached hydrogen (secondary N) is 1. The van der Waals surface area contributed by atoms with Crippen molar-refractivity contribution in [2.24, 2.45) is 0 Å². The van der Waals surface area contributed by atoms with E-state index >= 15 is 0 Å². The third-order valence-electron chi connectivity index (χ3n) is 3.15. The maximum Gasteiger partial charge on any atom is 0.328 e. The lowest BCUT2D eigenvalue weighted by Crippen LogP contribution is -2.43. The predicted octanol–water partition coefficient (Wildman–Crippen LogP) is 2.90. The van der Waals surface area contributed by atoms with Gasteiger partial charge in [-0.1, -0.05) is 29.3 Å². The van der Waals surface area contributed by atoms with Crippen LogP contribution in [0.15, 0.2) is 42.7 Å². The van der Waals surface area contributed by atoms with E-state index < -0.39 is 17.9 Å². The molecule has 2 aromatic rings. The molecule has 0 saturated heterocycles. The van der Waals surface area contributed by atoms with Crippen LogP contribution in [0.5, 0.6) is 0 Å². The fourth-order valence-corrected chi connectivity index (χ4v) is 2.47. The Hall–Kier alpha value is -2.11. The largest absolute Gasteiger partial charge is 0.467 e. The van der Waals surface area contributed by atoms with E-state index in [1.54, 1.807) is 36.5 Å². The molecular formula is C16H14Cl2N2O3. The second-order valence-corrected chi connectivity index (χ2v) is 5.57. The van der Waals surface area contributed by atoms with Crippen molar-refractivity contribution in [3.8, 4) is 0 Å². The van der Waals surface area contributed by atoms with Crippen LogP contribution in [0.4, 0.5) is 0 Å². The lowest BCUT2D eigenvalue weighted by Gasteiger charge is -2.17. The molecule has 0 aliphatic rings. The second kappa shape index (κ2) is 7.94. The minimum Gasteiger partial charge on any atom is -0.467 e. The van der Waals surface area contributed by atoms with Crippen LogP contribution in [0.2, 0.25) is 10.0 Å². The molecule has 0 bridgehead atoms. The third kappa shape index (κ3) is 4.68. The van der Waals surface area contributed by atoms with Crippen LogP contribution < -0.4 is 5.32 Å². The number of hydrogen-bond donors (Lipinski definition) is 1. The fourth-order valence-electron chi connectivity index (χ4n) is 1.98. The average molecular weight is 353 g/mol. The van der Waals surface area contributed by atoms with E-state index in [0.29, 0.717) is 21.2 Å². The SMILES string of the molecule is COC(=O)[C@H](Cc1ccc(Cl)cc1Cl)NC(=O)c1cccnc1. The molecule has 120 valence electrons. The van der Waals surface area contributed by atoms with E-state index in [0.717, 1.165) is 0 Å². The molecule has 1 amide bonds. The van der Waals surface area contributed by atoms with E-state index in [9.17, 15) is 9.59 Å². The summed E-state index contributed by atoms with van der Waals surface area (Å²) in [5.41, 5.74) is 1.03. The lowest BCUT2D eigenvalue weighted by molar-refractivity contribution is -0.142.